The van der Waals surface area contributed by atoms with Gasteiger partial charge in [0.1, 0.15) is 0 Å². The number of sulfonamides is 1. The second kappa shape index (κ2) is 11.8. The molecule has 0 radical (unpaired) electrons. The van der Waals surface area contributed by atoms with Crippen LogP contribution in [0.5, 0.6) is 0 Å². The molecule has 0 spiro atoms. The zero-order chi connectivity index (χ0) is 18.5. The van der Waals surface area contributed by atoms with Gasteiger partial charge in [-0.25, -0.2) is 13.1 Å². The Bertz CT molecular complexity index is 615. The maximum absolute atomic E-state index is 11.7. The number of aliphatic imine (C=N–C) groups is 1. The smallest absolute Gasteiger partial charge is 0.240 e. The summed E-state index contributed by atoms with van der Waals surface area (Å²) in [5.74, 6) is 0.709. The molecule has 1 aromatic carbocycles. The fourth-order valence-corrected chi connectivity index (χ4v) is 2.77. The van der Waals surface area contributed by atoms with E-state index in [4.69, 9.17) is 4.74 Å². The van der Waals surface area contributed by atoms with Gasteiger partial charge in [0.25, 0.3) is 0 Å². The molecule has 0 saturated carbocycles. The first-order chi connectivity index (χ1) is 12.0. The molecule has 0 aliphatic carbocycles. The lowest BCUT2D eigenvalue weighted by Crippen LogP contribution is -2.37. The van der Waals surface area contributed by atoms with Gasteiger partial charge in [-0.2, -0.15) is 0 Å². The van der Waals surface area contributed by atoms with E-state index in [1.54, 1.807) is 31.3 Å². The van der Waals surface area contributed by atoms with Crippen molar-refractivity contribution in [2.24, 2.45) is 4.99 Å². The molecule has 7 nitrogen and oxygen atoms in total. The van der Waals surface area contributed by atoms with Crippen LogP contribution in [0.4, 0.5) is 0 Å². The van der Waals surface area contributed by atoms with Crippen LogP contribution in [-0.4, -0.2) is 48.2 Å². The minimum atomic E-state index is -3.39. The number of unbranched alkanes of at least 4 members (excludes halogenated alkanes) is 1. The van der Waals surface area contributed by atoms with Crippen molar-refractivity contribution in [3.63, 3.8) is 0 Å². The predicted octanol–water partition coefficient (Wildman–Crippen LogP) is 1.47. The predicted molar refractivity (Wildman–Crippen MR) is 101 cm³/mol. The zero-order valence-corrected chi connectivity index (χ0v) is 16.2. The molecule has 0 saturated heterocycles. The standard InChI is InChI=1S/C17H30N4O3S/c1-4-5-12-24-13-6-11-20-17(18-2)21-14-15-7-9-16(10-8-15)25(22,23)19-3/h7-10,19H,4-6,11-14H2,1-3H3,(H2,18,20,21). The molecular weight excluding hydrogens is 340 g/mol. The Balaban J connectivity index is 2.33. The molecule has 0 amide bonds. The molecule has 0 aliphatic heterocycles. The quantitative estimate of drug-likeness (QED) is 0.312. The molecule has 0 atom stereocenters. The molecule has 0 fully saturated rings. The highest BCUT2D eigenvalue weighted by molar-refractivity contribution is 7.89. The second-order valence-corrected chi connectivity index (χ2v) is 7.41. The van der Waals surface area contributed by atoms with Crippen molar-refractivity contribution in [2.75, 3.05) is 33.9 Å². The fraction of sp³-hybridized carbons (Fsp3) is 0.588. The summed E-state index contributed by atoms with van der Waals surface area (Å²) in [6.07, 6.45) is 3.17. The van der Waals surface area contributed by atoms with Gasteiger partial charge in [0, 0.05) is 33.4 Å². The number of hydrogen-bond donors (Lipinski definition) is 3. The molecule has 1 aromatic rings. The SMILES string of the molecule is CCCCOCCCNC(=NC)NCc1ccc(S(=O)(=O)NC)cc1. The van der Waals surface area contributed by atoms with E-state index in [2.05, 4.69) is 27.3 Å². The van der Waals surface area contributed by atoms with E-state index in [1.165, 1.54) is 7.05 Å². The average Bonchev–Trinajstić information content (AvgIpc) is 2.63. The molecule has 8 heteroatoms. The first-order valence-electron chi connectivity index (χ1n) is 8.58. The van der Waals surface area contributed by atoms with Crippen LogP contribution in [-0.2, 0) is 21.3 Å². The summed E-state index contributed by atoms with van der Waals surface area (Å²) in [5.41, 5.74) is 0.973. The zero-order valence-electron chi connectivity index (χ0n) is 15.3. The maximum atomic E-state index is 11.7. The molecule has 0 heterocycles. The van der Waals surface area contributed by atoms with E-state index < -0.39 is 10.0 Å². The van der Waals surface area contributed by atoms with E-state index in [1.807, 2.05) is 0 Å². The number of rotatable bonds is 11. The van der Waals surface area contributed by atoms with E-state index in [-0.39, 0.29) is 4.90 Å². The summed E-state index contributed by atoms with van der Waals surface area (Å²) in [4.78, 5) is 4.42. The molecule has 142 valence electrons. The topological polar surface area (TPSA) is 91.8 Å². The van der Waals surface area contributed by atoms with Crippen LogP contribution in [0.15, 0.2) is 34.2 Å². The van der Waals surface area contributed by atoms with Crippen LogP contribution in [0.25, 0.3) is 0 Å². The third kappa shape index (κ3) is 8.33. The molecule has 0 aliphatic rings. The molecule has 3 N–H and O–H groups in total. The molecular formula is C17H30N4O3S. The number of hydrogen-bond acceptors (Lipinski definition) is 4. The fourth-order valence-electron chi connectivity index (χ4n) is 2.04. The monoisotopic (exact) mass is 370 g/mol. The van der Waals surface area contributed by atoms with Crippen molar-refractivity contribution in [1.29, 1.82) is 0 Å². The number of nitrogens with zero attached hydrogens (tertiary/aromatic N) is 1. The number of guanidine groups is 1. The summed E-state index contributed by atoms with van der Waals surface area (Å²) < 4.78 is 31.2. The van der Waals surface area contributed by atoms with Crippen molar-refractivity contribution < 1.29 is 13.2 Å². The van der Waals surface area contributed by atoms with Gasteiger partial charge < -0.3 is 15.4 Å². The van der Waals surface area contributed by atoms with Crippen molar-refractivity contribution in [3.8, 4) is 0 Å². The molecule has 25 heavy (non-hydrogen) atoms. The van der Waals surface area contributed by atoms with E-state index in [0.29, 0.717) is 12.5 Å². The molecule has 1 rings (SSSR count). The normalized spacial score (nSPS) is 12.2. The Hall–Kier alpha value is -1.64. The number of benzene rings is 1. The summed E-state index contributed by atoms with van der Waals surface area (Å²) in [6.45, 7) is 5.06. The van der Waals surface area contributed by atoms with Gasteiger partial charge in [0.05, 0.1) is 4.90 Å². The summed E-state index contributed by atoms with van der Waals surface area (Å²) in [7, 11) is -0.277. The highest BCUT2D eigenvalue weighted by atomic mass is 32.2. The van der Waals surface area contributed by atoms with Crippen LogP contribution >= 0.6 is 0 Å². The van der Waals surface area contributed by atoms with E-state index in [0.717, 1.165) is 44.6 Å². The van der Waals surface area contributed by atoms with Crippen LogP contribution in [0, 0.1) is 0 Å². The van der Waals surface area contributed by atoms with E-state index >= 15 is 0 Å². The van der Waals surface area contributed by atoms with Gasteiger partial charge in [-0.15, -0.1) is 0 Å². The first-order valence-corrected chi connectivity index (χ1v) is 10.1. The largest absolute Gasteiger partial charge is 0.381 e. The van der Waals surface area contributed by atoms with Crippen LogP contribution < -0.4 is 15.4 Å². The lowest BCUT2D eigenvalue weighted by atomic mass is 10.2. The van der Waals surface area contributed by atoms with Crippen LogP contribution in [0.1, 0.15) is 31.7 Å². The Morgan fingerprint density at radius 1 is 1.12 bits per heavy atom. The Morgan fingerprint density at radius 3 is 2.40 bits per heavy atom. The van der Waals surface area contributed by atoms with Gasteiger partial charge in [0.15, 0.2) is 5.96 Å². The van der Waals surface area contributed by atoms with Gasteiger partial charge in [0.2, 0.25) is 10.0 Å². The number of ether oxygens (including phenoxy) is 1. The van der Waals surface area contributed by atoms with Gasteiger partial charge >= 0.3 is 0 Å². The van der Waals surface area contributed by atoms with Crippen LogP contribution in [0.2, 0.25) is 0 Å². The lowest BCUT2D eigenvalue weighted by molar-refractivity contribution is 0.129. The summed E-state index contributed by atoms with van der Waals surface area (Å²) >= 11 is 0. The third-order valence-corrected chi connectivity index (χ3v) is 5.02. The van der Waals surface area contributed by atoms with Crippen molar-refractivity contribution >= 4 is 16.0 Å². The van der Waals surface area contributed by atoms with Crippen LogP contribution in [0.3, 0.4) is 0 Å². The lowest BCUT2D eigenvalue weighted by Gasteiger charge is -2.12. The Kier molecular flexibility index (Phi) is 10.1. The van der Waals surface area contributed by atoms with Gasteiger partial charge in [-0.05, 0) is 37.6 Å². The summed E-state index contributed by atoms with van der Waals surface area (Å²) in [6, 6.07) is 6.75. The van der Waals surface area contributed by atoms with E-state index in [9.17, 15) is 8.42 Å². The second-order valence-electron chi connectivity index (χ2n) is 5.52. The van der Waals surface area contributed by atoms with Crippen molar-refractivity contribution in [2.45, 2.75) is 37.6 Å². The molecule has 0 unspecified atom stereocenters. The Labute approximate surface area is 151 Å². The summed E-state index contributed by atoms with van der Waals surface area (Å²) in [5, 5.41) is 6.43. The average molecular weight is 371 g/mol. The Morgan fingerprint density at radius 2 is 1.80 bits per heavy atom. The van der Waals surface area contributed by atoms with Crippen molar-refractivity contribution in [3.05, 3.63) is 29.8 Å². The van der Waals surface area contributed by atoms with Gasteiger partial charge in [-0.1, -0.05) is 25.5 Å². The first kappa shape index (κ1) is 21.4. The minimum absolute atomic E-state index is 0.254. The maximum Gasteiger partial charge on any atom is 0.240 e. The molecule has 0 aromatic heterocycles. The number of nitrogens with one attached hydrogen (secondary N) is 3. The van der Waals surface area contributed by atoms with Gasteiger partial charge in [-0.3, -0.25) is 4.99 Å². The highest BCUT2D eigenvalue weighted by Crippen LogP contribution is 2.09. The van der Waals surface area contributed by atoms with Crippen molar-refractivity contribution in [1.82, 2.24) is 15.4 Å². The molecule has 0 bridgehead atoms. The third-order valence-electron chi connectivity index (χ3n) is 3.59. The highest BCUT2D eigenvalue weighted by Gasteiger charge is 2.10. The minimum Gasteiger partial charge on any atom is -0.381 e.